The molecule has 0 saturated carbocycles. The van der Waals surface area contributed by atoms with Crippen molar-refractivity contribution in [2.45, 2.75) is 46.3 Å². The van der Waals surface area contributed by atoms with Crippen molar-refractivity contribution >= 4 is 17.4 Å². The van der Waals surface area contributed by atoms with Gasteiger partial charge < -0.3 is 9.64 Å². The lowest BCUT2D eigenvalue weighted by Crippen LogP contribution is -2.38. The van der Waals surface area contributed by atoms with Crippen LogP contribution in [0, 0.1) is 13.8 Å². The van der Waals surface area contributed by atoms with E-state index in [1.807, 2.05) is 61.0 Å². The van der Waals surface area contributed by atoms with Crippen LogP contribution in [-0.2, 0) is 11.3 Å². The Morgan fingerprint density at radius 3 is 2.28 bits per heavy atom. The molecule has 0 bridgehead atoms. The highest BCUT2D eigenvalue weighted by atomic mass is 16.5. The van der Waals surface area contributed by atoms with Crippen molar-refractivity contribution in [3.63, 3.8) is 0 Å². The van der Waals surface area contributed by atoms with Gasteiger partial charge >= 0.3 is 5.97 Å². The second-order valence-electron chi connectivity index (χ2n) is 8.38. The number of hydrogen-bond donors (Lipinski definition) is 0. The molecule has 0 N–H and O–H groups in total. The summed E-state index contributed by atoms with van der Waals surface area (Å²) in [6, 6.07) is 17.8. The van der Waals surface area contributed by atoms with Crippen LogP contribution in [-0.4, -0.2) is 40.7 Å². The van der Waals surface area contributed by atoms with Crippen molar-refractivity contribution in [2.24, 2.45) is 0 Å². The summed E-state index contributed by atoms with van der Waals surface area (Å²) >= 11 is 0. The van der Waals surface area contributed by atoms with Gasteiger partial charge in [-0.05, 0) is 50.6 Å². The highest BCUT2D eigenvalue weighted by Gasteiger charge is 2.26. The second-order valence-corrected chi connectivity index (χ2v) is 8.38. The number of hydrogen-bond acceptors (Lipinski definition) is 5. The van der Waals surface area contributed by atoms with E-state index in [2.05, 4.69) is 22.1 Å². The van der Waals surface area contributed by atoms with Crippen LogP contribution in [0.3, 0.4) is 0 Å². The van der Waals surface area contributed by atoms with Gasteiger partial charge in [0, 0.05) is 37.2 Å². The molecule has 6 nitrogen and oxygen atoms in total. The maximum Gasteiger partial charge on any atom is 0.342 e. The fraction of sp³-hybridized carbons (Fsp3) is 0.346. The highest BCUT2D eigenvalue weighted by Crippen LogP contribution is 2.24. The molecule has 1 aliphatic heterocycles. The molecule has 6 heteroatoms. The Balaban J connectivity index is 1.36. The molecule has 3 aromatic rings. The molecule has 0 unspecified atom stereocenters. The molecular weight excluding hydrogens is 402 g/mol. The van der Waals surface area contributed by atoms with Crippen molar-refractivity contribution < 1.29 is 14.3 Å². The van der Waals surface area contributed by atoms with Crippen LogP contribution in [0.1, 0.15) is 57.4 Å². The molecule has 1 saturated heterocycles. The van der Waals surface area contributed by atoms with Gasteiger partial charge in [-0.1, -0.05) is 30.3 Å². The van der Waals surface area contributed by atoms with Gasteiger partial charge in [-0.2, -0.15) is 5.10 Å². The average Bonchev–Trinajstić information content (AvgIpc) is 3.07. The van der Waals surface area contributed by atoms with Gasteiger partial charge in [0.05, 0.1) is 17.9 Å². The van der Waals surface area contributed by atoms with Gasteiger partial charge in [0.25, 0.3) is 0 Å². The first-order valence-electron chi connectivity index (χ1n) is 11.1. The van der Waals surface area contributed by atoms with E-state index in [4.69, 9.17) is 4.74 Å². The molecule has 32 heavy (non-hydrogen) atoms. The van der Waals surface area contributed by atoms with E-state index in [-0.39, 0.29) is 17.9 Å². The maximum absolute atomic E-state index is 13.0. The van der Waals surface area contributed by atoms with E-state index >= 15 is 0 Å². The molecule has 0 amide bonds. The normalized spacial score (nSPS) is 14.4. The molecule has 0 aliphatic carbocycles. The van der Waals surface area contributed by atoms with Gasteiger partial charge in [0.1, 0.15) is 11.7 Å². The molecule has 4 rings (SSSR count). The van der Waals surface area contributed by atoms with E-state index in [0.717, 1.165) is 48.4 Å². The van der Waals surface area contributed by atoms with Crippen molar-refractivity contribution in [3.05, 3.63) is 82.7 Å². The van der Waals surface area contributed by atoms with Crippen molar-refractivity contribution in [3.8, 4) is 0 Å². The van der Waals surface area contributed by atoms with Gasteiger partial charge in [-0.15, -0.1) is 0 Å². The topological polar surface area (TPSA) is 64.4 Å². The lowest BCUT2D eigenvalue weighted by Gasteiger charge is -2.33. The third-order valence-electron chi connectivity index (χ3n) is 6.12. The van der Waals surface area contributed by atoms with E-state index in [1.54, 1.807) is 6.92 Å². The van der Waals surface area contributed by atoms with Crippen LogP contribution in [0.25, 0.3) is 0 Å². The first kappa shape index (κ1) is 21.8. The minimum Gasteiger partial charge on any atom is -0.459 e. The van der Waals surface area contributed by atoms with E-state index in [9.17, 15) is 9.59 Å². The molecule has 2 aromatic carbocycles. The monoisotopic (exact) mass is 431 g/mol. The van der Waals surface area contributed by atoms with Crippen LogP contribution < -0.4 is 4.90 Å². The number of anilines is 1. The summed E-state index contributed by atoms with van der Waals surface area (Å²) in [5, 5.41) is 4.57. The van der Waals surface area contributed by atoms with Gasteiger partial charge in [-0.3, -0.25) is 9.48 Å². The van der Waals surface area contributed by atoms with E-state index in [1.165, 1.54) is 0 Å². The number of carbonyl (C=O) groups excluding carboxylic acids is 2. The Morgan fingerprint density at radius 1 is 1.00 bits per heavy atom. The summed E-state index contributed by atoms with van der Waals surface area (Å²) in [4.78, 5) is 26.7. The number of aromatic nitrogens is 2. The summed E-state index contributed by atoms with van der Waals surface area (Å²) < 4.78 is 7.74. The SMILES string of the molecule is CC(=O)c1ccc(N2CCC(OC(=O)c3c(C)nn(Cc4ccccc4)c3C)CC2)cc1. The first-order valence-corrected chi connectivity index (χ1v) is 11.1. The number of rotatable bonds is 6. The largest absolute Gasteiger partial charge is 0.459 e. The zero-order chi connectivity index (χ0) is 22.7. The molecule has 1 fully saturated rings. The van der Waals surface area contributed by atoms with Crippen molar-refractivity contribution in [2.75, 3.05) is 18.0 Å². The van der Waals surface area contributed by atoms with Crippen LogP contribution >= 0.6 is 0 Å². The number of Topliss-reactive ketones (excluding diaryl/α,β-unsaturated/α-hetero) is 1. The number of nitrogens with zero attached hydrogens (tertiary/aromatic N) is 3. The van der Waals surface area contributed by atoms with Crippen LogP contribution in [0.15, 0.2) is 54.6 Å². The number of aryl methyl sites for hydroxylation is 1. The summed E-state index contributed by atoms with van der Waals surface area (Å²) in [5.74, 6) is -0.219. The summed E-state index contributed by atoms with van der Waals surface area (Å²) in [5.41, 5.74) is 5.06. The summed E-state index contributed by atoms with van der Waals surface area (Å²) in [6.07, 6.45) is 1.44. The number of piperidine rings is 1. The van der Waals surface area contributed by atoms with Gasteiger partial charge in [-0.25, -0.2) is 4.79 Å². The quantitative estimate of drug-likeness (QED) is 0.422. The molecule has 1 aliphatic rings. The first-order chi connectivity index (χ1) is 15.4. The second kappa shape index (κ2) is 9.39. The standard InChI is InChI=1S/C26H29N3O3/c1-18-25(19(2)29(27-18)17-21-7-5-4-6-8-21)26(31)32-24-13-15-28(16-14-24)23-11-9-22(10-12-23)20(3)30/h4-12,24H,13-17H2,1-3H3. The lowest BCUT2D eigenvalue weighted by molar-refractivity contribution is 0.0243. The van der Waals surface area contributed by atoms with Crippen LogP contribution in [0.2, 0.25) is 0 Å². The lowest BCUT2D eigenvalue weighted by atomic mass is 10.1. The highest BCUT2D eigenvalue weighted by molar-refractivity contribution is 5.94. The third kappa shape index (κ3) is 4.74. The fourth-order valence-electron chi connectivity index (χ4n) is 4.25. The van der Waals surface area contributed by atoms with E-state index < -0.39 is 0 Å². The maximum atomic E-state index is 13.0. The Bertz CT molecular complexity index is 1100. The third-order valence-corrected chi connectivity index (χ3v) is 6.12. The zero-order valence-corrected chi connectivity index (χ0v) is 18.9. The molecule has 0 atom stereocenters. The van der Waals surface area contributed by atoms with Gasteiger partial charge in [0.2, 0.25) is 0 Å². The summed E-state index contributed by atoms with van der Waals surface area (Å²) in [7, 11) is 0. The number of carbonyl (C=O) groups is 2. The number of benzene rings is 2. The zero-order valence-electron chi connectivity index (χ0n) is 18.9. The van der Waals surface area contributed by atoms with Crippen LogP contribution in [0.5, 0.6) is 0 Å². The Morgan fingerprint density at radius 2 is 1.66 bits per heavy atom. The van der Waals surface area contributed by atoms with Crippen molar-refractivity contribution in [1.82, 2.24) is 9.78 Å². The molecule has 2 heterocycles. The Hall–Kier alpha value is -3.41. The Labute approximate surface area is 188 Å². The predicted octanol–water partition coefficient (Wildman–Crippen LogP) is 4.58. The Kier molecular flexibility index (Phi) is 6.40. The van der Waals surface area contributed by atoms with E-state index in [0.29, 0.717) is 17.8 Å². The minimum atomic E-state index is -0.288. The number of ketones is 1. The fourth-order valence-corrected chi connectivity index (χ4v) is 4.25. The van der Waals surface area contributed by atoms with Crippen molar-refractivity contribution in [1.29, 1.82) is 0 Å². The molecule has 166 valence electrons. The summed E-state index contributed by atoms with van der Waals surface area (Å²) in [6.45, 7) is 7.60. The predicted molar refractivity (Wildman–Crippen MR) is 124 cm³/mol. The molecule has 1 aromatic heterocycles. The number of esters is 1. The molecular formula is C26H29N3O3. The number of ether oxygens (including phenoxy) is 1. The smallest absolute Gasteiger partial charge is 0.342 e. The average molecular weight is 432 g/mol. The van der Waals surface area contributed by atoms with Crippen LogP contribution in [0.4, 0.5) is 5.69 Å². The molecule has 0 spiro atoms. The minimum absolute atomic E-state index is 0.0693. The van der Waals surface area contributed by atoms with Gasteiger partial charge in [0.15, 0.2) is 5.78 Å². The molecule has 0 radical (unpaired) electrons.